The number of benzene rings is 14. The van der Waals surface area contributed by atoms with Crippen LogP contribution < -0.4 is 20.7 Å². The maximum Gasteiger partial charge on any atom is 0.179 e. The van der Waals surface area contributed by atoms with Crippen LogP contribution in [-0.4, -0.2) is 41.3 Å². The molecule has 7 nitrogen and oxygen atoms in total. The van der Waals surface area contributed by atoms with Crippen LogP contribution in [0.15, 0.2) is 346 Å². The second kappa shape index (κ2) is 21.8. The summed E-state index contributed by atoms with van der Waals surface area (Å²) in [7, 11) is -2.96. The molecular formula is C87H57N7Si. The molecule has 444 valence electrons. The van der Waals surface area contributed by atoms with Crippen LogP contribution >= 0.6 is 0 Å². The van der Waals surface area contributed by atoms with Crippen LogP contribution in [0.25, 0.3) is 144 Å². The van der Waals surface area contributed by atoms with Crippen LogP contribution in [-0.2, 0) is 0 Å². The molecule has 19 aromatic rings. The maximum atomic E-state index is 5.73. The summed E-state index contributed by atoms with van der Waals surface area (Å²) < 4.78 is 10.00. The van der Waals surface area contributed by atoms with Crippen molar-refractivity contribution in [3.63, 3.8) is 0 Å². The number of hydrogen-bond donors (Lipinski definition) is 0. The zero-order valence-corrected chi connectivity index (χ0v) is 52.5. The maximum absolute atomic E-state index is 5.73. The zero-order chi connectivity index (χ0) is 62.6. The highest BCUT2D eigenvalue weighted by molar-refractivity contribution is 7.20. The lowest BCUT2D eigenvalue weighted by atomic mass is 10.0. The average molecular weight is 1230 g/mol. The van der Waals surface area contributed by atoms with E-state index in [0.29, 0.717) is 17.5 Å². The van der Waals surface area contributed by atoms with Gasteiger partial charge in [0.05, 0.1) is 49.8 Å². The van der Waals surface area contributed by atoms with Crippen molar-refractivity contribution >= 4 is 116 Å². The van der Waals surface area contributed by atoms with Crippen molar-refractivity contribution in [1.82, 2.24) is 33.2 Å². The molecule has 0 aliphatic heterocycles. The third-order valence-electron chi connectivity index (χ3n) is 19.5. The van der Waals surface area contributed by atoms with Gasteiger partial charge in [0, 0.05) is 76.8 Å². The van der Waals surface area contributed by atoms with Gasteiger partial charge in [-0.15, -0.1) is 0 Å². The molecule has 0 unspecified atom stereocenters. The monoisotopic (exact) mass is 1230 g/mol. The first-order valence-corrected chi connectivity index (χ1v) is 34.4. The lowest BCUT2D eigenvalue weighted by Gasteiger charge is -2.34. The van der Waals surface area contributed by atoms with Gasteiger partial charge in [-0.1, -0.05) is 273 Å². The van der Waals surface area contributed by atoms with Gasteiger partial charge in [-0.3, -0.25) is 0 Å². The Balaban J connectivity index is 0.934. The molecule has 0 amide bonds. The molecule has 0 saturated heterocycles. The summed E-state index contributed by atoms with van der Waals surface area (Å²) in [6.07, 6.45) is 0. The van der Waals surface area contributed by atoms with Gasteiger partial charge in [0.1, 0.15) is 0 Å². The van der Waals surface area contributed by atoms with Gasteiger partial charge in [0.25, 0.3) is 0 Å². The Kier molecular flexibility index (Phi) is 12.5. The number of aromatic nitrogens is 7. The summed E-state index contributed by atoms with van der Waals surface area (Å²) in [5, 5.41) is 14.5. The Bertz CT molecular complexity index is 5980. The molecule has 8 heteroatoms. The number of hydrogen-bond acceptors (Lipinski definition) is 3. The number of fused-ring (bicyclic) bond motifs is 15. The molecule has 0 bridgehead atoms. The summed E-state index contributed by atoms with van der Waals surface area (Å²) in [5.41, 5.74) is 15.7. The zero-order valence-electron chi connectivity index (χ0n) is 51.5. The van der Waals surface area contributed by atoms with E-state index in [1.807, 2.05) is 6.07 Å². The minimum Gasteiger partial charge on any atom is -0.308 e. The van der Waals surface area contributed by atoms with E-state index in [0.717, 1.165) is 99.7 Å². The Labute approximate surface area is 548 Å². The molecule has 0 spiro atoms. The summed E-state index contributed by atoms with van der Waals surface area (Å²) in [5.74, 6) is 1.73. The SMILES string of the molecule is c1ccc(-c2nc(-c3cccc([Si](c4ccccc4)(c4ccccc4)c4ccccc4)c3)nc(-c3ccc(-n4c5ccccc5c5c6c(c7ccccc7n6-c6ccccc6)c6c(c7ccccc7n6-c6ccccc6)c54)cc3-n3c4ccccc4c4ccccc43)n2)cc1. The van der Waals surface area contributed by atoms with Crippen molar-refractivity contribution in [2.45, 2.75) is 0 Å². The molecular weight excluding hydrogens is 1170 g/mol. The van der Waals surface area contributed by atoms with E-state index in [2.05, 4.69) is 358 Å². The van der Waals surface area contributed by atoms with Gasteiger partial charge in [-0.05, 0) is 93.5 Å². The van der Waals surface area contributed by atoms with Crippen molar-refractivity contribution < 1.29 is 0 Å². The summed E-state index contributed by atoms with van der Waals surface area (Å²) >= 11 is 0. The standard InChI is InChI=1S/C87H57N7Si/c1-7-30-58(31-8-1)85-88-86(59-32-29-43-66(56-59)95(63-37-13-4-14-38-63,64-39-15-5-16-40-64)65-41-17-6-18-42-65)90-87(89-85)72-55-54-62(57-78(72)94-73-49-24-19-44-67(73)68-45-20-25-50-74(68)94)93-77-53-28-23-48-71(77)81-83-79(69-46-21-26-51-75(69)91(83)60-33-9-2-10-34-60)82-80(84(81)93)70-47-22-27-52-76(70)92(82)61-35-11-3-12-36-61/h1-57H. The molecule has 0 aliphatic carbocycles. The highest BCUT2D eigenvalue weighted by Gasteiger charge is 2.42. The molecule has 0 saturated carbocycles. The van der Waals surface area contributed by atoms with Crippen molar-refractivity contribution in [3.8, 4) is 56.9 Å². The molecule has 0 N–H and O–H groups in total. The Morgan fingerprint density at radius 1 is 0.221 bits per heavy atom. The lowest BCUT2D eigenvalue weighted by Crippen LogP contribution is -2.74. The fourth-order valence-electron chi connectivity index (χ4n) is 15.6. The average Bonchev–Trinajstić information content (AvgIpc) is 1.51. The smallest absolute Gasteiger partial charge is 0.179 e. The van der Waals surface area contributed by atoms with Crippen LogP contribution in [0.3, 0.4) is 0 Å². The van der Waals surface area contributed by atoms with Gasteiger partial charge in [-0.25, -0.2) is 15.0 Å². The topological polar surface area (TPSA) is 58.4 Å². The van der Waals surface area contributed by atoms with E-state index < -0.39 is 8.07 Å². The highest BCUT2D eigenvalue weighted by Crippen LogP contribution is 2.51. The van der Waals surface area contributed by atoms with Gasteiger partial charge >= 0.3 is 0 Å². The van der Waals surface area contributed by atoms with Crippen LogP contribution in [0.4, 0.5) is 0 Å². The van der Waals surface area contributed by atoms with Crippen LogP contribution in [0, 0.1) is 0 Å². The number of rotatable bonds is 11. The minimum atomic E-state index is -2.96. The molecule has 0 aliphatic rings. The van der Waals surface area contributed by atoms with Gasteiger partial charge in [-0.2, -0.15) is 0 Å². The molecule has 19 rings (SSSR count). The van der Waals surface area contributed by atoms with E-state index in [1.165, 1.54) is 47.7 Å². The van der Waals surface area contributed by atoms with Crippen LogP contribution in [0.2, 0.25) is 0 Å². The van der Waals surface area contributed by atoms with Gasteiger partial charge < -0.3 is 18.3 Å². The van der Waals surface area contributed by atoms with Crippen LogP contribution in [0.5, 0.6) is 0 Å². The first kappa shape index (κ1) is 54.3. The third-order valence-corrected chi connectivity index (χ3v) is 24.3. The highest BCUT2D eigenvalue weighted by atomic mass is 28.3. The van der Waals surface area contributed by atoms with Crippen LogP contribution in [0.1, 0.15) is 0 Å². The van der Waals surface area contributed by atoms with Gasteiger partial charge in [0.2, 0.25) is 0 Å². The fraction of sp³-hybridized carbons (Fsp3) is 0. The fourth-order valence-corrected chi connectivity index (χ4v) is 20.4. The molecule has 95 heavy (non-hydrogen) atoms. The van der Waals surface area contributed by atoms with E-state index in [1.54, 1.807) is 0 Å². The van der Waals surface area contributed by atoms with E-state index in [4.69, 9.17) is 15.0 Å². The van der Waals surface area contributed by atoms with Crippen molar-refractivity contribution in [1.29, 1.82) is 0 Å². The quantitative estimate of drug-likeness (QED) is 0.0958. The van der Waals surface area contributed by atoms with Crippen molar-refractivity contribution in [2.24, 2.45) is 0 Å². The number of para-hydroxylation sites is 7. The molecule has 14 aromatic carbocycles. The van der Waals surface area contributed by atoms with E-state index in [9.17, 15) is 0 Å². The van der Waals surface area contributed by atoms with E-state index >= 15 is 0 Å². The second-order valence-electron chi connectivity index (χ2n) is 24.6. The summed E-state index contributed by atoms with van der Waals surface area (Å²) in [4.78, 5) is 16.8. The molecule has 5 heterocycles. The van der Waals surface area contributed by atoms with Crippen molar-refractivity contribution in [2.75, 3.05) is 0 Å². The molecule has 0 radical (unpaired) electrons. The minimum absolute atomic E-state index is 0.560. The van der Waals surface area contributed by atoms with Gasteiger partial charge in [0.15, 0.2) is 25.5 Å². The van der Waals surface area contributed by atoms with E-state index in [-0.39, 0.29) is 0 Å². The molecule has 0 atom stereocenters. The second-order valence-corrected chi connectivity index (χ2v) is 28.4. The Morgan fingerprint density at radius 2 is 0.547 bits per heavy atom. The van der Waals surface area contributed by atoms with Crippen molar-refractivity contribution in [3.05, 3.63) is 346 Å². The Morgan fingerprint density at radius 3 is 0.989 bits per heavy atom. The largest absolute Gasteiger partial charge is 0.308 e. The third kappa shape index (κ3) is 8.28. The first-order chi connectivity index (χ1) is 47.2. The Hall–Kier alpha value is -12.5. The predicted octanol–water partition coefficient (Wildman–Crippen LogP) is 18.6. The molecule has 0 fully saturated rings. The normalized spacial score (nSPS) is 12.0. The summed E-state index contributed by atoms with van der Waals surface area (Å²) in [6, 6.07) is 126. The summed E-state index contributed by atoms with van der Waals surface area (Å²) in [6.45, 7) is 0. The predicted molar refractivity (Wildman–Crippen MR) is 397 cm³/mol. The first-order valence-electron chi connectivity index (χ1n) is 32.4. The molecule has 5 aromatic heterocycles. The number of nitrogens with zero attached hydrogens (tertiary/aromatic N) is 7. The lowest BCUT2D eigenvalue weighted by molar-refractivity contribution is 1.06.